The number of likely N-dealkylation sites (tertiary alicyclic amines) is 1. The highest BCUT2D eigenvalue weighted by molar-refractivity contribution is 5.71. The van der Waals surface area contributed by atoms with E-state index in [9.17, 15) is 9.90 Å². The standard InChI is InChI=1S/C8H15NO3/c1-3-12-7(10)4-9-5-8(2,11)6-9/h11H,3-6H2,1-2H3. The van der Waals surface area contributed by atoms with Gasteiger partial charge < -0.3 is 9.84 Å². The number of carbonyl (C=O) groups excluding carboxylic acids is 1. The van der Waals surface area contributed by atoms with Crippen LogP contribution in [0.4, 0.5) is 0 Å². The zero-order valence-corrected chi connectivity index (χ0v) is 7.54. The first kappa shape index (κ1) is 9.48. The molecule has 1 heterocycles. The second-order valence-electron chi connectivity index (χ2n) is 3.45. The Balaban J connectivity index is 2.14. The molecule has 12 heavy (non-hydrogen) atoms. The molecule has 0 aromatic rings. The Morgan fingerprint density at radius 2 is 2.25 bits per heavy atom. The molecule has 1 N–H and O–H groups in total. The Morgan fingerprint density at radius 3 is 2.67 bits per heavy atom. The first-order chi connectivity index (χ1) is 5.53. The lowest BCUT2D eigenvalue weighted by Gasteiger charge is -2.43. The number of aliphatic hydroxyl groups is 1. The molecule has 0 saturated carbocycles. The van der Waals surface area contributed by atoms with E-state index in [4.69, 9.17) is 4.74 Å². The number of hydrogen-bond donors (Lipinski definition) is 1. The Bertz CT molecular complexity index is 171. The first-order valence-corrected chi connectivity index (χ1v) is 4.14. The third kappa shape index (κ3) is 2.46. The van der Waals surface area contributed by atoms with Gasteiger partial charge >= 0.3 is 5.97 Å². The highest BCUT2D eigenvalue weighted by Gasteiger charge is 2.37. The van der Waals surface area contributed by atoms with Crippen molar-refractivity contribution in [2.75, 3.05) is 26.2 Å². The van der Waals surface area contributed by atoms with Gasteiger partial charge in [-0.1, -0.05) is 0 Å². The number of ether oxygens (including phenoxy) is 1. The summed E-state index contributed by atoms with van der Waals surface area (Å²) in [6, 6.07) is 0. The van der Waals surface area contributed by atoms with Crippen LogP contribution in [0.15, 0.2) is 0 Å². The van der Waals surface area contributed by atoms with Gasteiger partial charge in [0.2, 0.25) is 0 Å². The molecule has 0 bridgehead atoms. The van der Waals surface area contributed by atoms with E-state index in [1.165, 1.54) is 0 Å². The third-order valence-electron chi connectivity index (χ3n) is 1.79. The first-order valence-electron chi connectivity index (χ1n) is 4.14. The van der Waals surface area contributed by atoms with Gasteiger partial charge in [-0.15, -0.1) is 0 Å². The molecule has 4 heteroatoms. The average molecular weight is 173 g/mol. The van der Waals surface area contributed by atoms with E-state index in [-0.39, 0.29) is 5.97 Å². The molecule has 0 aromatic heterocycles. The minimum atomic E-state index is -0.605. The second-order valence-corrected chi connectivity index (χ2v) is 3.45. The van der Waals surface area contributed by atoms with Crippen molar-refractivity contribution in [3.05, 3.63) is 0 Å². The molecule has 0 radical (unpaired) electrons. The Labute approximate surface area is 72.1 Å². The van der Waals surface area contributed by atoms with Crippen molar-refractivity contribution in [2.45, 2.75) is 19.4 Å². The second kappa shape index (κ2) is 3.41. The monoisotopic (exact) mass is 173 g/mol. The van der Waals surface area contributed by atoms with Crippen LogP contribution in [0.2, 0.25) is 0 Å². The average Bonchev–Trinajstić information content (AvgIpc) is 1.83. The molecular formula is C8H15NO3. The molecule has 0 aliphatic carbocycles. The summed E-state index contributed by atoms with van der Waals surface area (Å²) in [5.74, 6) is -0.215. The van der Waals surface area contributed by atoms with Gasteiger partial charge in [-0.2, -0.15) is 0 Å². The van der Waals surface area contributed by atoms with E-state index >= 15 is 0 Å². The van der Waals surface area contributed by atoms with Gasteiger partial charge in [-0.25, -0.2) is 0 Å². The van der Waals surface area contributed by atoms with Gasteiger partial charge in [0.25, 0.3) is 0 Å². The number of β-amino-alcohol motifs (C(OH)–C–C–N with tert-alkyl or cyclic N) is 1. The summed E-state index contributed by atoms with van der Waals surface area (Å²) in [5.41, 5.74) is -0.605. The van der Waals surface area contributed by atoms with Crippen LogP contribution in [-0.4, -0.2) is 47.8 Å². The van der Waals surface area contributed by atoms with Gasteiger partial charge in [0.15, 0.2) is 0 Å². The minimum Gasteiger partial charge on any atom is -0.465 e. The van der Waals surface area contributed by atoms with E-state index in [1.54, 1.807) is 13.8 Å². The summed E-state index contributed by atoms with van der Waals surface area (Å²) in [5, 5.41) is 9.33. The highest BCUT2D eigenvalue weighted by atomic mass is 16.5. The van der Waals surface area contributed by atoms with Crippen molar-refractivity contribution in [3.8, 4) is 0 Å². The van der Waals surface area contributed by atoms with Crippen LogP contribution in [0, 0.1) is 0 Å². The van der Waals surface area contributed by atoms with E-state index in [2.05, 4.69) is 0 Å². The molecule has 1 aliphatic heterocycles. The molecular weight excluding hydrogens is 158 g/mol. The number of rotatable bonds is 3. The maximum Gasteiger partial charge on any atom is 0.320 e. The topological polar surface area (TPSA) is 49.8 Å². The predicted octanol–water partition coefficient (Wildman–Crippen LogP) is -0.384. The molecule has 70 valence electrons. The van der Waals surface area contributed by atoms with Crippen LogP contribution < -0.4 is 0 Å². The summed E-state index contributed by atoms with van der Waals surface area (Å²) in [6.07, 6.45) is 0. The lowest BCUT2D eigenvalue weighted by atomic mass is 9.97. The number of hydrogen-bond acceptors (Lipinski definition) is 4. The van der Waals surface area contributed by atoms with Crippen LogP contribution >= 0.6 is 0 Å². The summed E-state index contributed by atoms with van der Waals surface area (Å²) in [7, 11) is 0. The fourth-order valence-corrected chi connectivity index (χ4v) is 1.42. The van der Waals surface area contributed by atoms with E-state index in [1.807, 2.05) is 4.90 Å². The zero-order chi connectivity index (χ0) is 9.19. The van der Waals surface area contributed by atoms with Crippen LogP contribution in [0.1, 0.15) is 13.8 Å². The summed E-state index contributed by atoms with van der Waals surface area (Å²) in [4.78, 5) is 12.8. The molecule has 0 spiro atoms. The molecule has 1 fully saturated rings. The summed E-state index contributed by atoms with van der Waals surface area (Å²) in [6.45, 7) is 5.38. The molecule has 1 rings (SSSR count). The molecule has 1 aliphatic rings. The zero-order valence-electron chi connectivity index (χ0n) is 7.54. The molecule has 0 aromatic carbocycles. The van der Waals surface area contributed by atoms with Gasteiger partial charge in [0.1, 0.15) is 0 Å². The van der Waals surface area contributed by atoms with Crippen LogP contribution in [0.5, 0.6) is 0 Å². The van der Waals surface area contributed by atoms with Crippen molar-refractivity contribution in [2.24, 2.45) is 0 Å². The lowest BCUT2D eigenvalue weighted by Crippen LogP contribution is -2.60. The third-order valence-corrected chi connectivity index (χ3v) is 1.79. The molecule has 0 atom stereocenters. The van der Waals surface area contributed by atoms with Gasteiger partial charge in [0, 0.05) is 13.1 Å². The maximum absolute atomic E-state index is 10.9. The quantitative estimate of drug-likeness (QED) is 0.591. The van der Waals surface area contributed by atoms with Gasteiger partial charge in [-0.05, 0) is 13.8 Å². The predicted molar refractivity (Wildman–Crippen MR) is 43.7 cm³/mol. The lowest BCUT2D eigenvalue weighted by molar-refractivity contribution is -0.151. The number of esters is 1. The van der Waals surface area contributed by atoms with Crippen molar-refractivity contribution >= 4 is 5.97 Å². The summed E-state index contributed by atoms with van der Waals surface area (Å²) < 4.78 is 4.75. The number of nitrogens with zero attached hydrogens (tertiary/aromatic N) is 1. The van der Waals surface area contributed by atoms with E-state index in [0.29, 0.717) is 26.2 Å². The highest BCUT2D eigenvalue weighted by Crippen LogP contribution is 2.18. The fourth-order valence-electron chi connectivity index (χ4n) is 1.42. The number of carbonyl (C=O) groups is 1. The smallest absolute Gasteiger partial charge is 0.320 e. The SMILES string of the molecule is CCOC(=O)CN1CC(C)(O)C1. The van der Waals surface area contributed by atoms with Crippen LogP contribution in [-0.2, 0) is 9.53 Å². The minimum absolute atomic E-state index is 0.215. The Morgan fingerprint density at radius 1 is 1.67 bits per heavy atom. The van der Waals surface area contributed by atoms with Crippen LogP contribution in [0.25, 0.3) is 0 Å². The van der Waals surface area contributed by atoms with E-state index in [0.717, 1.165) is 0 Å². The Kier molecular flexibility index (Phi) is 2.69. The van der Waals surface area contributed by atoms with Gasteiger partial charge in [-0.3, -0.25) is 9.69 Å². The molecule has 4 nitrogen and oxygen atoms in total. The van der Waals surface area contributed by atoms with Crippen molar-refractivity contribution in [1.29, 1.82) is 0 Å². The molecule has 1 saturated heterocycles. The van der Waals surface area contributed by atoms with Crippen molar-refractivity contribution in [1.82, 2.24) is 4.90 Å². The van der Waals surface area contributed by atoms with Gasteiger partial charge in [0.05, 0.1) is 18.8 Å². The van der Waals surface area contributed by atoms with E-state index < -0.39 is 5.60 Å². The largest absolute Gasteiger partial charge is 0.465 e. The van der Waals surface area contributed by atoms with Crippen LogP contribution in [0.3, 0.4) is 0 Å². The summed E-state index contributed by atoms with van der Waals surface area (Å²) >= 11 is 0. The normalized spacial score (nSPS) is 21.6. The van der Waals surface area contributed by atoms with Crippen molar-refractivity contribution < 1.29 is 14.6 Å². The van der Waals surface area contributed by atoms with Crippen molar-refractivity contribution in [3.63, 3.8) is 0 Å². The molecule has 0 amide bonds. The Hall–Kier alpha value is -0.610. The maximum atomic E-state index is 10.9. The fraction of sp³-hybridized carbons (Fsp3) is 0.875. The molecule has 0 unspecified atom stereocenters.